The molecule has 0 saturated heterocycles. The second kappa shape index (κ2) is 5.88. The molecule has 0 aliphatic heterocycles. The molecule has 2 aliphatic carbocycles. The number of hydrogen-bond donors (Lipinski definition) is 1. The van der Waals surface area contributed by atoms with Gasteiger partial charge in [0.25, 0.3) is 0 Å². The monoisotopic (exact) mass is 237 g/mol. The Bertz CT molecular complexity index is 254. The van der Waals surface area contributed by atoms with Gasteiger partial charge in [-0.1, -0.05) is 32.6 Å². The Morgan fingerprint density at radius 1 is 1.18 bits per heavy atom. The van der Waals surface area contributed by atoms with Crippen molar-refractivity contribution in [2.75, 3.05) is 0 Å². The molecule has 0 radical (unpaired) electrons. The summed E-state index contributed by atoms with van der Waals surface area (Å²) in [7, 11) is 0. The van der Waals surface area contributed by atoms with Crippen LogP contribution in [0, 0.1) is 17.8 Å². The fraction of sp³-hybridized carbons (Fsp3) is 0.933. The van der Waals surface area contributed by atoms with Gasteiger partial charge in [0.15, 0.2) is 0 Å². The molecule has 2 nitrogen and oxygen atoms in total. The van der Waals surface area contributed by atoms with Crippen LogP contribution in [0.3, 0.4) is 0 Å². The minimum absolute atomic E-state index is 0.334. The van der Waals surface area contributed by atoms with Crippen molar-refractivity contribution >= 4 is 5.91 Å². The fourth-order valence-electron chi connectivity index (χ4n) is 3.24. The number of amides is 1. The smallest absolute Gasteiger partial charge is 0.223 e. The average Bonchev–Trinajstić information content (AvgIpc) is 2.92. The molecule has 0 bridgehead atoms. The molecular weight excluding hydrogens is 210 g/mol. The summed E-state index contributed by atoms with van der Waals surface area (Å²) in [6.07, 6.45) is 10.0. The quantitative estimate of drug-likeness (QED) is 0.675. The van der Waals surface area contributed by atoms with E-state index in [0.29, 0.717) is 17.9 Å². The van der Waals surface area contributed by atoms with Crippen LogP contribution < -0.4 is 5.32 Å². The molecular formula is C15H27NO. The molecule has 0 aromatic carbocycles. The topological polar surface area (TPSA) is 29.1 Å². The maximum Gasteiger partial charge on any atom is 0.223 e. The molecule has 0 aromatic heterocycles. The molecule has 3 atom stereocenters. The summed E-state index contributed by atoms with van der Waals surface area (Å²) in [5, 5.41) is 3.20. The highest BCUT2D eigenvalue weighted by Gasteiger charge is 2.47. The van der Waals surface area contributed by atoms with E-state index in [0.717, 1.165) is 18.3 Å². The molecule has 2 saturated carbocycles. The molecule has 2 aliphatic rings. The van der Waals surface area contributed by atoms with Crippen molar-refractivity contribution in [1.82, 2.24) is 5.32 Å². The van der Waals surface area contributed by atoms with Gasteiger partial charge in [-0.05, 0) is 44.4 Å². The van der Waals surface area contributed by atoms with E-state index >= 15 is 0 Å². The lowest BCUT2D eigenvalue weighted by Crippen LogP contribution is -2.36. The minimum atomic E-state index is 0.334. The van der Waals surface area contributed by atoms with Crippen molar-refractivity contribution in [3.05, 3.63) is 0 Å². The summed E-state index contributed by atoms with van der Waals surface area (Å²) in [5.41, 5.74) is 0. The SMILES string of the molecule is CCCCCCC(C)NC(=O)C1CC2CC2C1. The van der Waals surface area contributed by atoms with Crippen LogP contribution in [0.25, 0.3) is 0 Å². The van der Waals surface area contributed by atoms with Gasteiger partial charge in [0, 0.05) is 12.0 Å². The van der Waals surface area contributed by atoms with Gasteiger partial charge in [-0.15, -0.1) is 0 Å². The molecule has 17 heavy (non-hydrogen) atoms. The Labute approximate surface area is 106 Å². The van der Waals surface area contributed by atoms with Crippen LogP contribution in [0.15, 0.2) is 0 Å². The highest BCUT2D eigenvalue weighted by molar-refractivity contribution is 5.79. The first-order valence-corrected chi connectivity index (χ1v) is 7.51. The molecule has 2 rings (SSSR count). The van der Waals surface area contributed by atoms with Gasteiger partial charge >= 0.3 is 0 Å². The summed E-state index contributed by atoms with van der Waals surface area (Å²) in [6.45, 7) is 4.39. The second-order valence-corrected chi connectivity index (χ2v) is 6.18. The van der Waals surface area contributed by atoms with Gasteiger partial charge in [0.05, 0.1) is 0 Å². The standard InChI is InChI=1S/C15H27NO/c1-3-4-5-6-7-11(2)16-15(17)14-9-12-8-13(12)10-14/h11-14H,3-10H2,1-2H3,(H,16,17). The molecule has 0 aromatic rings. The van der Waals surface area contributed by atoms with Gasteiger partial charge in [0.2, 0.25) is 5.91 Å². The normalized spacial score (nSPS) is 32.0. The van der Waals surface area contributed by atoms with Gasteiger partial charge in [0.1, 0.15) is 0 Å². The minimum Gasteiger partial charge on any atom is -0.353 e. The number of carbonyl (C=O) groups excluding carboxylic acids is 1. The van der Waals surface area contributed by atoms with Gasteiger partial charge in [-0.3, -0.25) is 4.79 Å². The third-order valence-corrected chi connectivity index (χ3v) is 4.49. The third-order valence-electron chi connectivity index (χ3n) is 4.49. The van der Waals surface area contributed by atoms with E-state index in [2.05, 4.69) is 19.2 Å². The maximum atomic E-state index is 12.0. The Hall–Kier alpha value is -0.530. The summed E-state index contributed by atoms with van der Waals surface area (Å²) >= 11 is 0. The molecule has 0 spiro atoms. The lowest BCUT2D eigenvalue weighted by molar-refractivity contribution is -0.125. The highest BCUT2D eigenvalue weighted by atomic mass is 16.1. The number of nitrogens with one attached hydrogen (secondary N) is 1. The van der Waals surface area contributed by atoms with E-state index in [1.807, 2.05) is 0 Å². The van der Waals surface area contributed by atoms with Crippen molar-refractivity contribution in [2.45, 2.75) is 71.3 Å². The van der Waals surface area contributed by atoms with E-state index in [-0.39, 0.29) is 0 Å². The number of hydrogen-bond acceptors (Lipinski definition) is 1. The van der Waals surface area contributed by atoms with Crippen molar-refractivity contribution in [2.24, 2.45) is 17.8 Å². The predicted octanol–water partition coefficient (Wildman–Crippen LogP) is 3.51. The fourth-order valence-corrected chi connectivity index (χ4v) is 3.24. The number of unbranched alkanes of at least 4 members (excludes halogenated alkanes) is 3. The lowest BCUT2D eigenvalue weighted by Gasteiger charge is -2.17. The third kappa shape index (κ3) is 3.72. The maximum absolute atomic E-state index is 12.0. The van der Waals surface area contributed by atoms with Crippen LogP contribution in [0.2, 0.25) is 0 Å². The summed E-state index contributed by atoms with van der Waals surface area (Å²) in [6, 6.07) is 0.372. The first kappa shape index (κ1) is 12.9. The Balaban J connectivity index is 1.57. The summed E-state index contributed by atoms with van der Waals surface area (Å²) in [5.74, 6) is 2.49. The van der Waals surface area contributed by atoms with Crippen LogP contribution >= 0.6 is 0 Å². The molecule has 1 N–H and O–H groups in total. The number of fused-ring (bicyclic) bond motifs is 1. The first-order chi connectivity index (χ1) is 8.20. The molecule has 3 unspecified atom stereocenters. The zero-order valence-corrected chi connectivity index (χ0v) is 11.4. The van der Waals surface area contributed by atoms with Gasteiger partial charge in [-0.2, -0.15) is 0 Å². The predicted molar refractivity (Wildman–Crippen MR) is 70.7 cm³/mol. The van der Waals surface area contributed by atoms with Crippen LogP contribution in [0.1, 0.15) is 65.2 Å². The van der Waals surface area contributed by atoms with E-state index in [1.54, 1.807) is 0 Å². The summed E-state index contributed by atoms with van der Waals surface area (Å²) in [4.78, 5) is 12.0. The van der Waals surface area contributed by atoms with Crippen LogP contribution in [-0.4, -0.2) is 11.9 Å². The second-order valence-electron chi connectivity index (χ2n) is 6.18. The zero-order valence-electron chi connectivity index (χ0n) is 11.4. The highest BCUT2D eigenvalue weighted by Crippen LogP contribution is 2.54. The van der Waals surface area contributed by atoms with Crippen LogP contribution in [-0.2, 0) is 4.79 Å². The largest absolute Gasteiger partial charge is 0.353 e. The summed E-state index contributed by atoms with van der Waals surface area (Å²) < 4.78 is 0. The molecule has 2 fully saturated rings. The van der Waals surface area contributed by atoms with E-state index in [1.165, 1.54) is 44.9 Å². The number of rotatable bonds is 7. The first-order valence-electron chi connectivity index (χ1n) is 7.51. The average molecular weight is 237 g/mol. The van der Waals surface area contributed by atoms with Gasteiger partial charge in [-0.25, -0.2) is 0 Å². The molecule has 1 amide bonds. The van der Waals surface area contributed by atoms with Crippen molar-refractivity contribution in [3.8, 4) is 0 Å². The molecule has 0 heterocycles. The van der Waals surface area contributed by atoms with E-state index in [9.17, 15) is 4.79 Å². The van der Waals surface area contributed by atoms with E-state index < -0.39 is 0 Å². The molecule has 2 heteroatoms. The Morgan fingerprint density at radius 2 is 1.88 bits per heavy atom. The van der Waals surface area contributed by atoms with Crippen LogP contribution in [0.5, 0.6) is 0 Å². The lowest BCUT2D eigenvalue weighted by atomic mass is 10.0. The Morgan fingerprint density at radius 3 is 2.53 bits per heavy atom. The van der Waals surface area contributed by atoms with Gasteiger partial charge < -0.3 is 5.32 Å². The Kier molecular flexibility index (Phi) is 4.47. The zero-order chi connectivity index (χ0) is 12.3. The van der Waals surface area contributed by atoms with E-state index in [4.69, 9.17) is 0 Å². The van der Waals surface area contributed by atoms with Crippen molar-refractivity contribution in [3.63, 3.8) is 0 Å². The number of carbonyl (C=O) groups is 1. The molecule has 98 valence electrons. The van der Waals surface area contributed by atoms with Crippen LogP contribution in [0.4, 0.5) is 0 Å². The van der Waals surface area contributed by atoms with Crippen molar-refractivity contribution in [1.29, 1.82) is 0 Å². The van der Waals surface area contributed by atoms with Crippen molar-refractivity contribution < 1.29 is 4.79 Å².